The third kappa shape index (κ3) is 6.37. The molecule has 0 nitrogen and oxygen atoms in total. The molecule has 0 aromatic heterocycles. The minimum absolute atomic E-state index is 0.676. The van der Waals surface area contributed by atoms with Gasteiger partial charge in [-0.3, -0.25) is 0 Å². The molecule has 0 heterocycles. The van der Waals surface area contributed by atoms with Crippen LogP contribution < -0.4 is 0 Å². The first-order chi connectivity index (χ1) is 13.9. The molecule has 0 saturated carbocycles. The molecule has 0 aliphatic rings. The highest BCUT2D eigenvalue weighted by molar-refractivity contribution is 5.22. The van der Waals surface area contributed by atoms with Crippen LogP contribution in [0.15, 0.2) is 91.0 Å². The van der Waals surface area contributed by atoms with Crippen molar-refractivity contribution in [2.24, 2.45) is 0 Å². The molecule has 3 aromatic carbocycles. The molecule has 0 spiro atoms. The van der Waals surface area contributed by atoms with E-state index in [2.05, 4.69) is 97.9 Å². The smallest absolute Gasteiger partial charge is 0.0162 e. The fourth-order valence-corrected chi connectivity index (χ4v) is 4.30. The Balaban J connectivity index is 1.56. The first-order valence-corrected chi connectivity index (χ1v) is 11.0. The second kappa shape index (κ2) is 11.5. The lowest BCUT2D eigenvalue weighted by molar-refractivity contribution is 0.480. The highest BCUT2D eigenvalue weighted by Gasteiger charge is 2.15. The van der Waals surface area contributed by atoms with Crippen molar-refractivity contribution in [2.45, 2.75) is 63.7 Å². The normalized spacial score (nSPS) is 13.2. The Hall–Kier alpha value is -2.34. The first kappa shape index (κ1) is 20.4. The summed E-state index contributed by atoms with van der Waals surface area (Å²) in [6.45, 7) is 2.33. The third-order valence-corrected chi connectivity index (χ3v) is 6.01. The van der Waals surface area contributed by atoms with E-state index in [9.17, 15) is 0 Å². The van der Waals surface area contributed by atoms with Crippen LogP contribution in [0.4, 0.5) is 0 Å². The monoisotopic (exact) mass is 370 g/mol. The van der Waals surface area contributed by atoms with Gasteiger partial charge in [0, 0.05) is 0 Å². The number of aryl methyl sites for hydroxylation is 1. The van der Waals surface area contributed by atoms with Gasteiger partial charge in [-0.15, -0.1) is 0 Å². The van der Waals surface area contributed by atoms with Crippen molar-refractivity contribution in [2.75, 3.05) is 0 Å². The van der Waals surface area contributed by atoms with Crippen molar-refractivity contribution >= 4 is 0 Å². The minimum atomic E-state index is 0.676. The van der Waals surface area contributed by atoms with Crippen LogP contribution in [0, 0.1) is 0 Å². The van der Waals surface area contributed by atoms with Gasteiger partial charge in [-0.05, 0) is 67.1 Å². The van der Waals surface area contributed by atoms with Crippen molar-refractivity contribution in [1.29, 1.82) is 0 Å². The van der Waals surface area contributed by atoms with E-state index >= 15 is 0 Å². The third-order valence-electron chi connectivity index (χ3n) is 6.01. The maximum Gasteiger partial charge on any atom is -0.0162 e. The summed E-state index contributed by atoms with van der Waals surface area (Å²) in [7, 11) is 0. The molecule has 0 radical (unpaired) electrons. The Bertz CT molecular complexity index is 761. The van der Waals surface area contributed by atoms with Gasteiger partial charge in [0.2, 0.25) is 0 Å². The Morgan fingerprint density at radius 1 is 0.536 bits per heavy atom. The number of hydrogen-bond donors (Lipinski definition) is 0. The average Bonchev–Trinajstić information content (AvgIpc) is 2.77. The lowest BCUT2D eigenvalue weighted by atomic mass is 9.83. The lowest BCUT2D eigenvalue weighted by Gasteiger charge is -2.22. The first-order valence-electron chi connectivity index (χ1n) is 11.0. The van der Waals surface area contributed by atoms with E-state index in [1.807, 2.05) is 0 Å². The van der Waals surface area contributed by atoms with E-state index in [1.54, 1.807) is 0 Å². The number of unbranched alkanes of at least 4 members (excludes halogenated alkanes) is 1. The molecule has 0 heteroatoms. The maximum atomic E-state index is 2.33. The van der Waals surface area contributed by atoms with Gasteiger partial charge in [0.15, 0.2) is 0 Å². The summed E-state index contributed by atoms with van der Waals surface area (Å²) in [5, 5.41) is 0. The molecular weight excluding hydrogens is 336 g/mol. The van der Waals surface area contributed by atoms with Crippen LogP contribution in [0.1, 0.15) is 74.0 Å². The van der Waals surface area contributed by atoms with Gasteiger partial charge in [0.25, 0.3) is 0 Å². The highest BCUT2D eigenvalue weighted by atomic mass is 14.2. The molecule has 0 saturated heterocycles. The maximum absolute atomic E-state index is 2.33. The van der Waals surface area contributed by atoms with Gasteiger partial charge < -0.3 is 0 Å². The van der Waals surface area contributed by atoms with E-state index in [4.69, 9.17) is 0 Å². The van der Waals surface area contributed by atoms with Gasteiger partial charge in [-0.25, -0.2) is 0 Å². The predicted octanol–water partition coefficient (Wildman–Crippen LogP) is 8.16. The lowest BCUT2D eigenvalue weighted by Crippen LogP contribution is -2.04. The van der Waals surface area contributed by atoms with E-state index in [0.29, 0.717) is 11.8 Å². The Labute approximate surface area is 171 Å². The highest BCUT2D eigenvalue weighted by Crippen LogP contribution is 2.33. The Kier molecular flexibility index (Phi) is 8.37. The van der Waals surface area contributed by atoms with Crippen molar-refractivity contribution in [3.63, 3.8) is 0 Å². The summed E-state index contributed by atoms with van der Waals surface area (Å²) >= 11 is 0. The van der Waals surface area contributed by atoms with Crippen LogP contribution in [0.3, 0.4) is 0 Å². The largest absolute Gasteiger partial charge is 0.0648 e. The van der Waals surface area contributed by atoms with Gasteiger partial charge in [-0.2, -0.15) is 0 Å². The fourth-order valence-electron chi connectivity index (χ4n) is 4.30. The molecule has 3 aromatic rings. The number of benzene rings is 3. The molecule has 2 atom stereocenters. The van der Waals surface area contributed by atoms with Gasteiger partial charge in [0.05, 0.1) is 0 Å². The van der Waals surface area contributed by atoms with Crippen LogP contribution in [0.2, 0.25) is 0 Å². The van der Waals surface area contributed by atoms with Crippen molar-refractivity contribution in [3.05, 3.63) is 108 Å². The van der Waals surface area contributed by atoms with E-state index < -0.39 is 0 Å². The van der Waals surface area contributed by atoms with Crippen molar-refractivity contribution in [1.82, 2.24) is 0 Å². The zero-order valence-electron chi connectivity index (χ0n) is 17.3. The summed E-state index contributed by atoms with van der Waals surface area (Å²) in [6, 6.07) is 33.1. The molecule has 0 bridgehead atoms. The molecular formula is C28H34. The summed E-state index contributed by atoms with van der Waals surface area (Å²) in [5.41, 5.74) is 4.49. The topological polar surface area (TPSA) is 0 Å². The Morgan fingerprint density at radius 3 is 1.61 bits per heavy atom. The molecule has 146 valence electrons. The zero-order chi connectivity index (χ0) is 19.4. The number of rotatable bonds is 11. The summed E-state index contributed by atoms with van der Waals surface area (Å²) in [5.74, 6) is 1.35. The quantitative estimate of drug-likeness (QED) is 0.299. The van der Waals surface area contributed by atoms with Crippen LogP contribution >= 0.6 is 0 Å². The Morgan fingerprint density at radius 2 is 1.04 bits per heavy atom. The van der Waals surface area contributed by atoms with Gasteiger partial charge >= 0.3 is 0 Å². The molecule has 0 aliphatic carbocycles. The van der Waals surface area contributed by atoms with Gasteiger partial charge in [-0.1, -0.05) is 104 Å². The molecule has 28 heavy (non-hydrogen) atoms. The van der Waals surface area contributed by atoms with Crippen molar-refractivity contribution in [3.8, 4) is 0 Å². The molecule has 0 amide bonds. The zero-order valence-corrected chi connectivity index (χ0v) is 17.3. The predicted molar refractivity (Wildman–Crippen MR) is 122 cm³/mol. The fraction of sp³-hybridized carbons (Fsp3) is 0.357. The molecule has 3 rings (SSSR count). The van der Waals surface area contributed by atoms with E-state index in [1.165, 1.54) is 61.6 Å². The number of hydrogen-bond acceptors (Lipinski definition) is 0. The minimum Gasteiger partial charge on any atom is -0.0648 e. The van der Waals surface area contributed by atoms with Crippen LogP contribution in [-0.4, -0.2) is 0 Å². The summed E-state index contributed by atoms with van der Waals surface area (Å²) in [4.78, 5) is 0. The van der Waals surface area contributed by atoms with Crippen LogP contribution in [0.25, 0.3) is 0 Å². The molecule has 0 fully saturated rings. The van der Waals surface area contributed by atoms with E-state index in [0.717, 1.165) is 0 Å². The molecule has 2 unspecified atom stereocenters. The second-order valence-corrected chi connectivity index (χ2v) is 7.93. The van der Waals surface area contributed by atoms with Crippen molar-refractivity contribution < 1.29 is 0 Å². The van der Waals surface area contributed by atoms with Gasteiger partial charge in [0.1, 0.15) is 0 Å². The SMILES string of the molecule is CCC(CCC(CCCCc1ccccc1)c1ccccc1)c1ccccc1. The van der Waals surface area contributed by atoms with E-state index in [-0.39, 0.29) is 0 Å². The molecule has 0 aliphatic heterocycles. The standard InChI is InChI=1S/C28H34/c1-2-25(26-17-8-4-9-18-26)22-23-28(27-19-10-5-11-20-27)21-13-12-16-24-14-6-3-7-15-24/h3-11,14-15,17-20,25,28H,2,12-13,16,21-23H2,1H3. The van der Waals surface area contributed by atoms with Crippen LogP contribution in [0.5, 0.6) is 0 Å². The molecule has 0 N–H and O–H groups in total. The second-order valence-electron chi connectivity index (χ2n) is 7.93. The average molecular weight is 371 g/mol. The summed E-state index contributed by atoms with van der Waals surface area (Å²) < 4.78 is 0. The van der Waals surface area contributed by atoms with Crippen LogP contribution in [-0.2, 0) is 6.42 Å². The summed E-state index contributed by atoms with van der Waals surface area (Å²) in [6.07, 6.45) is 8.85.